The van der Waals surface area contributed by atoms with Gasteiger partial charge in [0.05, 0.1) is 18.4 Å². The van der Waals surface area contributed by atoms with Crippen molar-refractivity contribution in [2.45, 2.75) is 6.54 Å². The summed E-state index contributed by atoms with van der Waals surface area (Å²) >= 11 is 0. The number of rotatable bonds is 5. The number of nitrogens with zero attached hydrogens (tertiary/aromatic N) is 2. The Morgan fingerprint density at radius 1 is 1.03 bits per heavy atom. The van der Waals surface area contributed by atoms with Crippen molar-refractivity contribution < 1.29 is 9.50 Å². The van der Waals surface area contributed by atoms with Crippen molar-refractivity contribution in [3.05, 3.63) is 105 Å². The van der Waals surface area contributed by atoms with Gasteiger partial charge < -0.3 is 5.11 Å². The van der Waals surface area contributed by atoms with E-state index in [0.29, 0.717) is 5.56 Å². The largest absolute Gasteiger partial charge is 0.494 e. The quantitative estimate of drug-likeness (QED) is 0.352. The molecule has 0 aliphatic rings. The predicted molar refractivity (Wildman–Crippen MR) is 114 cm³/mol. The lowest BCUT2D eigenvalue weighted by molar-refractivity contribution is 0.408. The minimum Gasteiger partial charge on any atom is -0.494 e. The second-order valence-electron chi connectivity index (χ2n) is 6.61. The molecule has 0 bridgehead atoms. The Morgan fingerprint density at radius 3 is 2.57 bits per heavy atom. The SMILES string of the molecule is O=c1[nH]c(=O)n(Cc2ccc(F)cc2)c(O)c1C=NNc1cccc2ccccc12. The first-order valence-electron chi connectivity index (χ1n) is 9.10. The average Bonchev–Trinajstić information content (AvgIpc) is 2.75. The minimum absolute atomic E-state index is 0.0423. The molecular weight excluding hydrogens is 387 g/mol. The normalized spacial score (nSPS) is 11.2. The summed E-state index contributed by atoms with van der Waals surface area (Å²) < 4.78 is 14.1. The van der Waals surface area contributed by atoms with Gasteiger partial charge in [-0.05, 0) is 29.1 Å². The molecule has 7 nitrogen and oxygen atoms in total. The highest BCUT2D eigenvalue weighted by Gasteiger charge is 2.13. The van der Waals surface area contributed by atoms with Crippen molar-refractivity contribution >= 4 is 22.7 Å². The topological polar surface area (TPSA) is 99.5 Å². The van der Waals surface area contributed by atoms with E-state index in [-0.39, 0.29) is 12.1 Å². The fraction of sp³-hybridized carbons (Fsp3) is 0.0455. The first-order chi connectivity index (χ1) is 14.5. The van der Waals surface area contributed by atoms with Gasteiger partial charge in [-0.25, -0.2) is 9.18 Å². The van der Waals surface area contributed by atoms with E-state index in [2.05, 4.69) is 15.5 Å². The van der Waals surface area contributed by atoms with Gasteiger partial charge in [0.15, 0.2) is 0 Å². The number of aromatic nitrogens is 2. The number of aromatic hydroxyl groups is 1. The van der Waals surface area contributed by atoms with Crippen LogP contribution in [0.4, 0.5) is 10.1 Å². The number of aromatic amines is 1. The van der Waals surface area contributed by atoms with Crippen molar-refractivity contribution in [1.29, 1.82) is 0 Å². The maximum Gasteiger partial charge on any atom is 0.331 e. The molecule has 3 aromatic carbocycles. The maximum atomic E-state index is 13.1. The highest BCUT2D eigenvalue weighted by Crippen LogP contribution is 2.22. The van der Waals surface area contributed by atoms with Crippen LogP contribution < -0.4 is 16.7 Å². The van der Waals surface area contributed by atoms with Gasteiger partial charge in [0.25, 0.3) is 5.56 Å². The van der Waals surface area contributed by atoms with Crippen LogP contribution in [-0.4, -0.2) is 20.9 Å². The molecule has 150 valence electrons. The first-order valence-corrected chi connectivity index (χ1v) is 9.10. The third kappa shape index (κ3) is 3.83. The van der Waals surface area contributed by atoms with Crippen LogP contribution in [0.1, 0.15) is 11.1 Å². The summed E-state index contributed by atoms with van der Waals surface area (Å²) in [5, 5.41) is 16.5. The summed E-state index contributed by atoms with van der Waals surface area (Å²) in [5.41, 5.74) is 2.44. The summed E-state index contributed by atoms with van der Waals surface area (Å²) in [5.74, 6) is -0.944. The lowest BCUT2D eigenvalue weighted by Gasteiger charge is -2.10. The van der Waals surface area contributed by atoms with Crippen LogP contribution in [-0.2, 0) is 6.54 Å². The van der Waals surface area contributed by atoms with Gasteiger partial charge in [0.2, 0.25) is 5.88 Å². The standard InChI is InChI=1S/C22H17FN4O3/c23-16-10-8-14(9-11-16)13-27-21(29)18(20(28)25-22(27)30)12-24-26-19-7-3-5-15-4-1-2-6-17(15)19/h1-12,26,29H,13H2,(H,25,28,30). The molecule has 30 heavy (non-hydrogen) atoms. The highest BCUT2D eigenvalue weighted by molar-refractivity contribution is 5.94. The lowest BCUT2D eigenvalue weighted by Crippen LogP contribution is -2.32. The van der Waals surface area contributed by atoms with Crippen molar-refractivity contribution in [2.24, 2.45) is 5.10 Å². The molecule has 4 rings (SSSR count). The van der Waals surface area contributed by atoms with Crippen LogP contribution in [0.25, 0.3) is 10.8 Å². The minimum atomic E-state index is -0.777. The molecular formula is C22H17FN4O3. The number of H-pyrrole nitrogens is 1. The Labute approximate surface area is 169 Å². The van der Waals surface area contributed by atoms with E-state index >= 15 is 0 Å². The van der Waals surface area contributed by atoms with Crippen molar-refractivity contribution in [2.75, 3.05) is 5.43 Å². The Hall–Kier alpha value is -4.20. The van der Waals surface area contributed by atoms with Crippen LogP contribution in [0, 0.1) is 5.82 Å². The van der Waals surface area contributed by atoms with Crippen LogP contribution in [0.2, 0.25) is 0 Å². The molecule has 3 N–H and O–H groups in total. The van der Waals surface area contributed by atoms with Crippen LogP contribution in [0.5, 0.6) is 5.88 Å². The molecule has 1 heterocycles. The van der Waals surface area contributed by atoms with Gasteiger partial charge in [-0.3, -0.25) is 19.8 Å². The van der Waals surface area contributed by atoms with E-state index in [9.17, 15) is 19.1 Å². The number of nitrogens with one attached hydrogen (secondary N) is 2. The van der Waals surface area contributed by atoms with E-state index in [0.717, 1.165) is 27.2 Å². The number of benzene rings is 3. The Bertz CT molecular complexity index is 1350. The highest BCUT2D eigenvalue weighted by atomic mass is 19.1. The summed E-state index contributed by atoms with van der Waals surface area (Å²) in [6, 6.07) is 18.9. The molecule has 0 fully saturated rings. The smallest absolute Gasteiger partial charge is 0.331 e. The third-order valence-electron chi connectivity index (χ3n) is 4.63. The van der Waals surface area contributed by atoms with E-state index in [1.807, 2.05) is 42.5 Å². The van der Waals surface area contributed by atoms with Crippen LogP contribution in [0.3, 0.4) is 0 Å². The zero-order valence-corrected chi connectivity index (χ0v) is 15.7. The van der Waals surface area contributed by atoms with Crippen LogP contribution >= 0.6 is 0 Å². The van der Waals surface area contributed by atoms with Crippen LogP contribution in [0.15, 0.2) is 81.4 Å². The molecule has 1 aromatic heterocycles. The summed E-state index contributed by atoms with van der Waals surface area (Å²) in [4.78, 5) is 26.5. The molecule has 0 spiro atoms. The van der Waals surface area contributed by atoms with E-state index in [1.165, 1.54) is 24.3 Å². The molecule has 0 atom stereocenters. The molecule has 0 aliphatic heterocycles. The molecule has 0 saturated heterocycles. The van der Waals surface area contributed by atoms with Crippen molar-refractivity contribution in [1.82, 2.24) is 9.55 Å². The molecule has 0 aliphatic carbocycles. The van der Waals surface area contributed by atoms with E-state index in [1.54, 1.807) is 0 Å². The average molecular weight is 404 g/mol. The van der Waals surface area contributed by atoms with Gasteiger partial charge in [-0.2, -0.15) is 5.10 Å². The molecule has 0 radical (unpaired) electrons. The van der Waals surface area contributed by atoms with Crippen molar-refractivity contribution in [3.8, 4) is 5.88 Å². The number of hydrazone groups is 1. The van der Waals surface area contributed by atoms with Gasteiger partial charge in [0, 0.05) is 5.39 Å². The van der Waals surface area contributed by atoms with E-state index in [4.69, 9.17) is 0 Å². The summed E-state index contributed by atoms with van der Waals surface area (Å²) in [7, 11) is 0. The number of halogens is 1. The summed E-state index contributed by atoms with van der Waals surface area (Å²) in [6.45, 7) is -0.0423. The second-order valence-corrected chi connectivity index (χ2v) is 6.61. The zero-order valence-electron chi connectivity index (χ0n) is 15.7. The zero-order chi connectivity index (χ0) is 21.1. The number of hydrogen-bond acceptors (Lipinski definition) is 5. The van der Waals surface area contributed by atoms with Gasteiger partial charge in [-0.15, -0.1) is 0 Å². The molecule has 0 saturated carbocycles. The maximum absolute atomic E-state index is 13.1. The summed E-state index contributed by atoms with van der Waals surface area (Å²) in [6.07, 6.45) is 1.15. The molecule has 0 unspecified atom stereocenters. The fourth-order valence-corrected chi connectivity index (χ4v) is 3.10. The molecule has 0 amide bonds. The van der Waals surface area contributed by atoms with Gasteiger partial charge >= 0.3 is 5.69 Å². The lowest BCUT2D eigenvalue weighted by atomic mass is 10.1. The van der Waals surface area contributed by atoms with Gasteiger partial charge in [-0.1, -0.05) is 48.5 Å². The Balaban J connectivity index is 1.64. The number of hydrogen-bond donors (Lipinski definition) is 3. The Kier molecular flexibility index (Phi) is 5.13. The van der Waals surface area contributed by atoms with E-state index < -0.39 is 22.9 Å². The molecule has 8 heteroatoms. The molecule has 4 aromatic rings. The van der Waals surface area contributed by atoms with Gasteiger partial charge in [0.1, 0.15) is 11.4 Å². The number of fused-ring (bicyclic) bond motifs is 1. The van der Waals surface area contributed by atoms with Crippen molar-refractivity contribution in [3.63, 3.8) is 0 Å². The second kappa shape index (κ2) is 8.04. The predicted octanol–water partition coefficient (Wildman–Crippen LogP) is 3.03. The number of anilines is 1. The monoisotopic (exact) mass is 404 g/mol. The third-order valence-corrected chi connectivity index (χ3v) is 4.63. The fourth-order valence-electron chi connectivity index (χ4n) is 3.10. The first kappa shape index (κ1) is 19.1. The Morgan fingerprint density at radius 2 is 1.77 bits per heavy atom.